The van der Waals surface area contributed by atoms with Crippen LogP contribution in [0.15, 0.2) is 22.9 Å². The lowest BCUT2D eigenvalue weighted by molar-refractivity contribution is -0.00675. The summed E-state index contributed by atoms with van der Waals surface area (Å²) in [4.78, 5) is 5.34. The van der Waals surface area contributed by atoms with Crippen molar-refractivity contribution in [2.24, 2.45) is 0 Å². The Morgan fingerprint density at radius 1 is 1.33 bits per heavy atom. The van der Waals surface area contributed by atoms with Crippen LogP contribution in [0.3, 0.4) is 0 Å². The normalized spacial score (nSPS) is 15.4. The van der Waals surface area contributed by atoms with Gasteiger partial charge in [-0.25, -0.2) is 0 Å². The maximum Gasteiger partial charge on any atom is 0.394 e. The van der Waals surface area contributed by atoms with E-state index in [-0.39, 0.29) is 0 Å². The zero-order valence-electron chi connectivity index (χ0n) is 10.7. The third-order valence-corrected chi connectivity index (χ3v) is 2.28. The molecular weight excluding hydrogens is 258 g/mol. The molecule has 102 valence electrons. The maximum atomic E-state index is 8.74. The van der Waals surface area contributed by atoms with Gasteiger partial charge in [0.2, 0.25) is 0 Å². The molecule has 0 aliphatic heterocycles. The second kappa shape index (κ2) is 6.46. The van der Waals surface area contributed by atoms with Crippen LogP contribution in [0.2, 0.25) is 0 Å². The van der Waals surface area contributed by atoms with Crippen LogP contribution in [-0.2, 0) is 10.4 Å². The molecule has 0 unspecified atom stereocenters. The van der Waals surface area contributed by atoms with Crippen molar-refractivity contribution in [2.75, 3.05) is 14.1 Å². The fourth-order valence-corrected chi connectivity index (χ4v) is 1.52. The van der Waals surface area contributed by atoms with Crippen molar-refractivity contribution in [3.05, 3.63) is 28.5 Å². The Kier molecular flexibility index (Phi) is 5.93. The lowest BCUT2D eigenvalue weighted by atomic mass is 9.95. The Morgan fingerprint density at radius 2 is 1.78 bits per heavy atom. The van der Waals surface area contributed by atoms with Gasteiger partial charge in [-0.05, 0) is 25.5 Å². The fraction of sp³-hybridized carbons (Fsp3) is 0.500. The molecule has 8 heteroatoms. The summed E-state index contributed by atoms with van der Waals surface area (Å²) in [7, 11) is -0.632. The van der Waals surface area contributed by atoms with E-state index in [2.05, 4.69) is 16.6 Å². The van der Waals surface area contributed by atoms with Crippen molar-refractivity contribution in [3.8, 4) is 0 Å². The standard InChI is InChI=1S/C10H15N3.H2O4S/c1-7-6-10(13(3)4)8(2)5-9(7)12-11;1-5(2,3)4/h6H,5H2,1-4H3;(H2,1,2,3,4). The molecule has 1 aliphatic rings. The van der Waals surface area contributed by atoms with Crippen LogP contribution in [0.4, 0.5) is 0 Å². The molecule has 0 amide bonds. The Hall–Kier alpha value is -1.47. The highest BCUT2D eigenvalue weighted by molar-refractivity contribution is 7.79. The van der Waals surface area contributed by atoms with Crippen molar-refractivity contribution in [1.29, 1.82) is 0 Å². The molecule has 0 radical (unpaired) electrons. The Labute approximate surface area is 107 Å². The summed E-state index contributed by atoms with van der Waals surface area (Å²) in [6, 6.07) is 0. The van der Waals surface area contributed by atoms with Crippen molar-refractivity contribution >= 4 is 16.1 Å². The summed E-state index contributed by atoms with van der Waals surface area (Å²) in [5, 5.41) is 0. The topological polar surface area (TPSA) is 114 Å². The van der Waals surface area contributed by atoms with Gasteiger partial charge in [0, 0.05) is 25.4 Å². The van der Waals surface area contributed by atoms with E-state index in [9.17, 15) is 0 Å². The van der Waals surface area contributed by atoms with E-state index in [0.717, 1.165) is 17.7 Å². The van der Waals surface area contributed by atoms with Crippen molar-refractivity contribution < 1.29 is 22.3 Å². The van der Waals surface area contributed by atoms with E-state index >= 15 is 0 Å². The van der Waals surface area contributed by atoms with E-state index in [1.54, 1.807) is 0 Å². The van der Waals surface area contributed by atoms with Crippen LogP contribution >= 0.6 is 0 Å². The Bertz CT molecular complexity index is 517. The molecule has 0 atom stereocenters. The van der Waals surface area contributed by atoms with E-state index in [1.807, 2.05) is 27.1 Å². The first kappa shape index (κ1) is 16.5. The van der Waals surface area contributed by atoms with E-state index in [4.69, 9.17) is 23.1 Å². The van der Waals surface area contributed by atoms with Gasteiger partial charge in [-0.3, -0.25) is 9.11 Å². The van der Waals surface area contributed by atoms with Crippen molar-refractivity contribution in [2.45, 2.75) is 20.3 Å². The molecule has 0 saturated carbocycles. The van der Waals surface area contributed by atoms with Gasteiger partial charge in [0.15, 0.2) is 0 Å². The maximum absolute atomic E-state index is 8.74. The molecule has 0 aromatic carbocycles. The molecule has 0 heterocycles. The molecule has 0 saturated heterocycles. The van der Waals surface area contributed by atoms with Crippen LogP contribution in [0, 0.1) is 0 Å². The molecule has 18 heavy (non-hydrogen) atoms. The SMILES string of the molecule is CC1=CC(N(C)C)=C(C)CC1=[N+]=[N-].O=S(=O)(O)O. The quantitative estimate of drug-likeness (QED) is 0.424. The predicted molar refractivity (Wildman–Crippen MR) is 67.6 cm³/mol. The third kappa shape index (κ3) is 6.31. The lowest BCUT2D eigenvalue weighted by Crippen LogP contribution is -2.18. The van der Waals surface area contributed by atoms with Crippen LogP contribution < -0.4 is 0 Å². The van der Waals surface area contributed by atoms with Crippen LogP contribution in [0.5, 0.6) is 0 Å². The zero-order chi connectivity index (χ0) is 14.5. The molecule has 0 aromatic heterocycles. The number of allylic oxidation sites excluding steroid dienone is 3. The average molecular weight is 275 g/mol. The highest BCUT2D eigenvalue weighted by atomic mass is 32.3. The Morgan fingerprint density at radius 3 is 2.11 bits per heavy atom. The highest BCUT2D eigenvalue weighted by Crippen LogP contribution is 2.21. The van der Waals surface area contributed by atoms with Crippen LogP contribution in [0.25, 0.3) is 5.53 Å². The Balaban J connectivity index is 0.000000494. The van der Waals surface area contributed by atoms with E-state index < -0.39 is 10.4 Å². The van der Waals surface area contributed by atoms with Crippen LogP contribution in [-0.4, -0.2) is 47.0 Å². The summed E-state index contributed by atoms with van der Waals surface area (Å²) >= 11 is 0. The third-order valence-electron chi connectivity index (χ3n) is 2.28. The summed E-state index contributed by atoms with van der Waals surface area (Å²) in [5.41, 5.74) is 13.0. The van der Waals surface area contributed by atoms with Gasteiger partial charge in [0.25, 0.3) is 5.71 Å². The molecule has 0 fully saturated rings. The summed E-state index contributed by atoms with van der Waals surface area (Å²) < 4.78 is 31.6. The number of nitrogens with zero attached hydrogens (tertiary/aromatic N) is 3. The van der Waals surface area contributed by atoms with Gasteiger partial charge in [-0.1, -0.05) is 0 Å². The molecular formula is C10H17N3O4S. The summed E-state index contributed by atoms with van der Waals surface area (Å²) in [5.74, 6) is 0. The molecule has 0 bridgehead atoms. The van der Waals surface area contributed by atoms with Gasteiger partial charge in [-0.15, -0.1) is 0 Å². The summed E-state index contributed by atoms with van der Waals surface area (Å²) in [6.45, 7) is 4.02. The first-order chi connectivity index (χ1) is 8.06. The molecule has 1 aliphatic carbocycles. The van der Waals surface area contributed by atoms with E-state index in [1.165, 1.54) is 11.3 Å². The molecule has 7 nitrogen and oxygen atoms in total. The second-order valence-electron chi connectivity index (χ2n) is 4.06. The van der Waals surface area contributed by atoms with Crippen molar-refractivity contribution in [1.82, 2.24) is 4.90 Å². The van der Waals surface area contributed by atoms with Crippen LogP contribution in [0.1, 0.15) is 20.3 Å². The molecule has 2 N–H and O–H groups in total. The molecule has 1 rings (SSSR count). The minimum absolute atomic E-state index is 0.742. The van der Waals surface area contributed by atoms with Gasteiger partial charge >= 0.3 is 10.4 Å². The van der Waals surface area contributed by atoms with Crippen molar-refractivity contribution in [3.63, 3.8) is 0 Å². The first-order valence-corrected chi connectivity index (χ1v) is 6.42. The zero-order valence-corrected chi connectivity index (χ0v) is 11.6. The molecule has 0 aromatic rings. The van der Waals surface area contributed by atoms with Gasteiger partial charge in [-0.2, -0.15) is 13.2 Å². The van der Waals surface area contributed by atoms with Gasteiger partial charge in [0.05, 0.1) is 6.42 Å². The van der Waals surface area contributed by atoms with Gasteiger partial charge < -0.3 is 10.4 Å². The minimum atomic E-state index is -4.67. The smallest absolute Gasteiger partial charge is 0.378 e. The largest absolute Gasteiger partial charge is 0.394 e. The molecule has 0 spiro atoms. The lowest BCUT2D eigenvalue weighted by Gasteiger charge is -2.20. The average Bonchev–Trinajstić information content (AvgIpc) is 2.18. The number of hydrogen-bond donors (Lipinski definition) is 2. The highest BCUT2D eigenvalue weighted by Gasteiger charge is 2.20. The second-order valence-corrected chi connectivity index (χ2v) is 4.95. The summed E-state index contributed by atoms with van der Waals surface area (Å²) in [6.07, 6.45) is 2.79. The number of hydrogen-bond acceptors (Lipinski definition) is 3. The minimum Gasteiger partial charge on any atom is -0.378 e. The number of likely N-dealkylation sites (N-methyl/N-ethyl adjacent to an activating group) is 1. The monoisotopic (exact) mass is 275 g/mol. The number of rotatable bonds is 1. The van der Waals surface area contributed by atoms with E-state index in [0.29, 0.717) is 0 Å². The predicted octanol–water partition coefficient (Wildman–Crippen LogP) is 1.19. The first-order valence-electron chi connectivity index (χ1n) is 5.02. The van der Waals surface area contributed by atoms with Gasteiger partial charge in [0.1, 0.15) is 0 Å². The fourth-order valence-electron chi connectivity index (χ4n) is 1.52.